The number of H-pyrrole nitrogens is 1. The Kier molecular flexibility index (Phi) is 18.6. The maximum Gasteiger partial charge on any atom is 0.326 e. The normalized spacial score (nSPS) is 16.3. The number of nitrogens with zero attached hydrogens (tertiary/aromatic N) is 1. The van der Waals surface area contributed by atoms with Crippen molar-refractivity contribution in [3.05, 3.63) is 95.7 Å². The van der Waals surface area contributed by atoms with Gasteiger partial charge >= 0.3 is 5.97 Å². The standard InChI is InChI=1S/C47H60N8O11S/c1-26(2)40(54-42(60)36(21-27-10-14-30(57)15-11-27)51-41(59)33(48)23-29-24-49-34-8-5-4-7-32(29)34)45(63)52-37(22-28-12-16-31(58)17-13-28)46(64)55-19-6-9-39(55)44(62)53-38(25-56)43(61)50-35(47(65)66)18-20-67-3/h4-5,7-8,10-17,24,26,33,35-40,49,56-58H,6,9,18-23,25,48H2,1-3H3,(H,50,61)(H,51,59)(H,52,63)(H,53,62)(H,54,60)(H,65,66). The number of carbonyl (C=O) groups excluding carboxylic acids is 6. The van der Waals surface area contributed by atoms with Crippen LogP contribution in [0, 0.1) is 5.92 Å². The summed E-state index contributed by atoms with van der Waals surface area (Å²) in [6.07, 6.45) is 4.21. The molecule has 0 radical (unpaired) electrons. The highest BCUT2D eigenvalue weighted by Crippen LogP contribution is 2.22. The molecule has 7 unspecified atom stereocenters. The molecule has 1 aromatic heterocycles. The van der Waals surface area contributed by atoms with Gasteiger partial charge in [0.05, 0.1) is 12.6 Å². The summed E-state index contributed by atoms with van der Waals surface area (Å²) in [7, 11) is 0. The van der Waals surface area contributed by atoms with Crippen molar-refractivity contribution >= 4 is 64.1 Å². The van der Waals surface area contributed by atoms with Crippen LogP contribution >= 0.6 is 11.8 Å². The van der Waals surface area contributed by atoms with E-state index in [4.69, 9.17) is 5.73 Å². The van der Waals surface area contributed by atoms with E-state index >= 15 is 0 Å². The van der Waals surface area contributed by atoms with Gasteiger partial charge in [-0.2, -0.15) is 11.8 Å². The fourth-order valence-electron chi connectivity index (χ4n) is 7.83. The highest BCUT2D eigenvalue weighted by molar-refractivity contribution is 7.98. The van der Waals surface area contributed by atoms with Gasteiger partial charge in [0, 0.05) is 36.5 Å². The predicted molar refractivity (Wildman–Crippen MR) is 251 cm³/mol. The molecular formula is C47H60N8O11S. The molecule has 1 aliphatic rings. The van der Waals surface area contributed by atoms with Crippen LogP contribution in [0.25, 0.3) is 10.9 Å². The third-order valence-corrected chi connectivity index (χ3v) is 12.2. The number of carbonyl (C=O) groups is 7. The number of benzene rings is 3. The number of aromatic hydroxyl groups is 2. The van der Waals surface area contributed by atoms with Gasteiger partial charge in [-0.15, -0.1) is 0 Å². The Morgan fingerprint density at radius 2 is 1.33 bits per heavy atom. The van der Waals surface area contributed by atoms with E-state index in [0.717, 1.165) is 16.5 Å². The molecule has 0 saturated carbocycles. The molecular weight excluding hydrogens is 885 g/mol. The van der Waals surface area contributed by atoms with E-state index in [2.05, 4.69) is 31.6 Å². The summed E-state index contributed by atoms with van der Waals surface area (Å²) in [5, 5.41) is 53.5. The van der Waals surface area contributed by atoms with Crippen LogP contribution in [0.2, 0.25) is 0 Å². The highest BCUT2D eigenvalue weighted by atomic mass is 32.2. The van der Waals surface area contributed by atoms with E-state index in [9.17, 15) is 54.0 Å². The topological polar surface area (TPSA) is 306 Å². The van der Waals surface area contributed by atoms with E-state index in [0.29, 0.717) is 23.3 Å². The number of aromatic nitrogens is 1. The minimum absolute atomic E-state index is 0.00617. The van der Waals surface area contributed by atoms with Crippen LogP contribution in [-0.2, 0) is 52.8 Å². The highest BCUT2D eigenvalue weighted by Gasteiger charge is 2.40. The number of aromatic amines is 1. The van der Waals surface area contributed by atoms with Crippen molar-refractivity contribution < 1.29 is 54.0 Å². The van der Waals surface area contributed by atoms with Crippen LogP contribution in [0.5, 0.6) is 11.5 Å². The number of phenolic OH excluding ortho intramolecular Hbond substituents is 2. The first-order valence-corrected chi connectivity index (χ1v) is 23.4. The number of carboxylic acids is 1. The van der Waals surface area contributed by atoms with Gasteiger partial charge in [0.1, 0.15) is 47.8 Å². The molecule has 0 spiro atoms. The number of hydrogen-bond acceptors (Lipinski definition) is 12. The SMILES string of the molecule is CSCCC(NC(=O)C(CO)NC(=O)C1CCCN1C(=O)C(Cc1ccc(O)cc1)NC(=O)C(NC(=O)C(Cc1ccc(O)cc1)NC(=O)C(N)Cc1c[nH]c2ccccc12)C(C)C)C(=O)O. The Morgan fingerprint density at radius 1 is 0.746 bits per heavy atom. The molecule has 2 heterocycles. The van der Waals surface area contributed by atoms with Gasteiger partial charge in [0.15, 0.2) is 0 Å². The van der Waals surface area contributed by atoms with Crippen molar-refractivity contribution in [1.82, 2.24) is 36.5 Å². The third-order valence-electron chi connectivity index (χ3n) is 11.6. The second-order valence-electron chi connectivity index (χ2n) is 16.9. The minimum atomic E-state index is -1.53. The van der Waals surface area contributed by atoms with Crippen molar-refractivity contribution in [2.45, 2.75) is 94.7 Å². The van der Waals surface area contributed by atoms with Crippen LogP contribution in [0.15, 0.2) is 79.0 Å². The average Bonchev–Trinajstić information content (AvgIpc) is 3.97. The number of carboxylic acid groups (broad SMARTS) is 1. The fourth-order valence-corrected chi connectivity index (χ4v) is 8.31. The second-order valence-corrected chi connectivity index (χ2v) is 17.9. The Hall–Kier alpha value is -6.64. The van der Waals surface area contributed by atoms with Gasteiger partial charge < -0.3 is 62.6 Å². The molecule has 0 aliphatic carbocycles. The molecule has 1 saturated heterocycles. The van der Waals surface area contributed by atoms with E-state index in [-0.39, 0.29) is 50.1 Å². The lowest BCUT2D eigenvalue weighted by atomic mass is 9.98. The first kappa shape index (κ1) is 51.3. The zero-order valence-corrected chi connectivity index (χ0v) is 38.4. The van der Waals surface area contributed by atoms with Gasteiger partial charge in [-0.1, -0.05) is 56.3 Å². The van der Waals surface area contributed by atoms with Crippen molar-refractivity contribution in [2.75, 3.05) is 25.2 Å². The molecule has 4 aromatic rings. The molecule has 3 aromatic carbocycles. The van der Waals surface area contributed by atoms with Crippen LogP contribution in [0.3, 0.4) is 0 Å². The first-order chi connectivity index (χ1) is 32.0. The summed E-state index contributed by atoms with van der Waals surface area (Å²) < 4.78 is 0. The predicted octanol–water partition coefficient (Wildman–Crippen LogP) is 0.835. The number of nitrogens with two attached hydrogens (primary N) is 1. The van der Waals surface area contributed by atoms with Gasteiger partial charge in [0.25, 0.3) is 0 Å². The molecule has 6 amide bonds. The number of likely N-dealkylation sites (tertiary alicyclic amines) is 1. The van der Waals surface area contributed by atoms with Crippen LogP contribution in [0.4, 0.5) is 0 Å². The number of amides is 6. The van der Waals surface area contributed by atoms with Gasteiger partial charge in [-0.25, -0.2) is 4.79 Å². The Labute approximate surface area is 392 Å². The molecule has 67 heavy (non-hydrogen) atoms. The second kappa shape index (κ2) is 24.2. The maximum absolute atomic E-state index is 14.5. The number of phenols is 2. The van der Waals surface area contributed by atoms with Crippen molar-refractivity contribution in [2.24, 2.45) is 11.7 Å². The molecule has 12 N–H and O–H groups in total. The molecule has 0 bridgehead atoms. The summed E-state index contributed by atoms with van der Waals surface area (Å²) in [6, 6.07) is 10.7. The van der Waals surface area contributed by atoms with E-state index < -0.39 is 96.2 Å². The number of nitrogens with one attached hydrogen (secondary N) is 6. The summed E-state index contributed by atoms with van der Waals surface area (Å²) in [6.45, 7) is 2.60. The monoisotopic (exact) mass is 944 g/mol. The number of para-hydroxylation sites is 1. The van der Waals surface area contributed by atoms with Crippen molar-refractivity contribution in [3.63, 3.8) is 0 Å². The number of aliphatic hydroxyl groups is 1. The average molecular weight is 945 g/mol. The number of thioether (sulfide) groups is 1. The number of aliphatic carboxylic acids is 1. The van der Waals surface area contributed by atoms with Crippen LogP contribution in [-0.4, -0.2) is 139 Å². The Morgan fingerprint density at radius 3 is 1.93 bits per heavy atom. The van der Waals surface area contributed by atoms with Gasteiger partial charge in [-0.3, -0.25) is 28.8 Å². The molecule has 360 valence electrons. The lowest BCUT2D eigenvalue weighted by Crippen LogP contribution is -2.61. The van der Waals surface area contributed by atoms with E-state index in [1.165, 1.54) is 40.9 Å². The zero-order valence-electron chi connectivity index (χ0n) is 37.6. The molecule has 7 atom stereocenters. The van der Waals surface area contributed by atoms with Crippen molar-refractivity contribution in [3.8, 4) is 11.5 Å². The summed E-state index contributed by atoms with van der Waals surface area (Å²) in [4.78, 5) is 99.7. The van der Waals surface area contributed by atoms with Crippen molar-refractivity contribution in [1.29, 1.82) is 0 Å². The lowest BCUT2D eigenvalue weighted by molar-refractivity contribution is -0.144. The molecule has 5 rings (SSSR count). The summed E-state index contributed by atoms with van der Waals surface area (Å²) in [5.74, 6) is -5.92. The minimum Gasteiger partial charge on any atom is -0.508 e. The zero-order chi connectivity index (χ0) is 48.8. The number of aliphatic hydroxyl groups excluding tert-OH is 1. The smallest absolute Gasteiger partial charge is 0.326 e. The van der Waals surface area contributed by atoms with Gasteiger partial charge in [-0.05, 0) is 90.6 Å². The first-order valence-electron chi connectivity index (χ1n) is 22.0. The summed E-state index contributed by atoms with van der Waals surface area (Å²) >= 11 is 1.38. The molecule has 20 heteroatoms. The molecule has 1 fully saturated rings. The maximum atomic E-state index is 14.5. The van der Waals surface area contributed by atoms with Crippen LogP contribution in [0.1, 0.15) is 49.8 Å². The fraction of sp³-hybridized carbons (Fsp3) is 0.426. The number of rotatable bonds is 23. The molecule has 19 nitrogen and oxygen atoms in total. The lowest BCUT2D eigenvalue weighted by Gasteiger charge is -2.31. The third kappa shape index (κ3) is 14.2. The summed E-state index contributed by atoms with van der Waals surface area (Å²) in [5.41, 5.74) is 9.19. The van der Waals surface area contributed by atoms with Crippen LogP contribution < -0.4 is 32.3 Å². The molecule has 1 aliphatic heterocycles. The quantitative estimate of drug-likeness (QED) is 0.0492. The van der Waals surface area contributed by atoms with E-state index in [1.54, 1.807) is 50.6 Å². The Balaban J connectivity index is 1.33. The number of hydrogen-bond donors (Lipinski definition) is 11. The van der Waals surface area contributed by atoms with Gasteiger partial charge in [0.2, 0.25) is 35.4 Å². The van der Waals surface area contributed by atoms with E-state index in [1.807, 2.05) is 24.3 Å². The number of fused-ring (bicyclic) bond motifs is 1. The largest absolute Gasteiger partial charge is 0.508 e. The Bertz CT molecular complexity index is 2360.